The van der Waals surface area contributed by atoms with Crippen LogP contribution < -0.4 is 0 Å². The molecule has 0 spiro atoms. The quantitative estimate of drug-likeness (QED) is 0.485. The first kappa shape index (κ1) is 15.4. The maximum Gasteiger partial charge on any atom is 0.169 e. The van der Waals surface area contributed by atoms with Gasteiger partial charge in [-0.1, -0.05) is 30.3 Å². The van der Waals surface area contributed by atoms with Crippen molar-refractivity contribution in [1.29, 1.82) is 0 Å². The van der Waals surface area contributed by atoms with Crippen LogP contribution in [0, 0.1) is 0 Å². The predicted octanol–water partition coefficient (Wildman–Crippen LogP) is 3.87. The van der Waals surface area contributed by atoms with Crippen molar-refractivity contribution in [3.63, 3.8) is 0 Å². The molecule has 0 saturated carbocycles. The number of benzene rings is 1. The lowest BCUT2D eigenvalue weighted by Gasteiger charge is -2.07. The van der Waals surface area contributed by atoms with Crippen molar-refractivity contribution in [2.24, 2.45) is 0 Å². The topological polar surface area (TPSA) is 48.5 Å². The van der Waals surface area contributed by atoms with Gasteiger partial charge in [-0.05, 0) is 31.0 Å². The highest BCUT2D eigenvalue weighted by atomic mass is 35.5. The molecule has 5 nitrogen and oxygen atoms in total. The fourth-order valence-corrected chi connectivity index (χ4v) is 3.50. The van der Waals surface area contributed by atoms with E-state index in [1.54, 1.807) is 24.4 Å². The molecule has 0 aliphatic heterocycles. The van der Waals surface area contributed by atoms with E-state index >= 15 is 0 Å². The maximum absolute atomic E-state index is 6.07. The average Bonchev–Trinajstić information content (AvgIpc) is 3.12. The van der Waals surface area contributed by atoms with Crippen LogP contribution in [0.3, 0.4) is 0 Å². The van der Waals surface area contributed by atoms with Gasteiger partial charge in [-0.3, -0.25) is 4.68 Å². The summed E-state index contributed by atoms with van der Waals surface area (Å²) in [6.45, 7) is 4.04. The fourth-order valence-electron chi connectivity index (χ4n) is 2.37. The van der Waals surface area contributed by atoms with E-state index in [1.165, 1.54) is 0 Å². The first-order valence-corrected chi connectivity index (χ1v) is 8.75. The third-order valence-electron chi connectivity index (χ3n) is 3.35. The lowest BCUT2D eigenvalue weighted by Crippen LogP contribution is -2.01. The molecule has 0 amide bonds. The first-order valence-electron chi connectivity index (χ1n) is 7.39. The van der Waals surface area contributed by atoms with E-state index in [-0.39, 0.29) is 0 Å². The highest BCUT2D eigenvalue weighted by molar-refractivity contribution is 7.99. The molecular weight excluding hydrogens is 318 g/mol. The van der Waals surface area contributed by atoms with E-state index in [2.05, 4.69) is 27.6 Å². The zero-order valence-electron chi connectivity index (χ0n) is 12.4. The molecule has 22 heavy (non-hydrogen) atoms. The van der Waals surface area contributed by atoms with Crippen molar-refractivity contribution in [2.75, 3.05) is 5.75 Å². The zero-order valence-corrected chi connectivity index (χ0v) is 14.0. The van der Waals surface area contributed by atoms with Gasteiger partial charge in [0.05, 0.1) is 11.0 Å². The number of hydrogen-bond acceptors (Lipinski definition) is 4. The average molecular weight is 336 g/mol. The Kier molecular flexibility index (Phi) is 5.00. The van der Waals surface area contributed by atoms with Crippen LogP contribution in [0.15, 0.2) is 36.0 Å². The van der Waals surface area contributed by atoms with Gasteiger partial charge in [0, 0.05) is 23.9 Å². The van der Waals surface area contributed by atoms with Gasteiger partial charge in [0.15, 0.2) is 5.16 Å². The molecule has 0 aliphatic carbocycles. The standard InChI is InChI=1S/C15H18ClN5S/c1-2-6-21-14-5-4-12(16)9-13(14)19-15(21)22-8-3-7-20-11-17-10-18-20/h4-5,9-11H,2-3,6-8H2,1H3. The summed E-state index contributed by atoms with van der Waals surface area (Å²) in [4.78, 5) is 8.68. The monoisotopic (exact) mass is 335 g/mol. The number of aromatic nitrogens is 5. The molecule has 116 valence electrons. The fraction of sp³-hybridized carbons (Fsp3) is 0.400. The molecule has 0 fully saturated rings. The summed E-state index contributed by atoms with van der Waals surface area (Å²) in [5.74, 6) is 1.00. The molecule has 1 aromatic carbocycles. The van der Waals surface area contributed by atoms with Gasteiger partial charge in [-0.2, -0.15) is 5.10 Å². The van der Waals surface area contributed by atoms with Crippen molar-refractivity contribution in [3.8, 4) is 0 Å². The third kappa shape index (κ3) is 3.44. The van der Waals surface area contributed by atoms with Gasteiger partial charge in [0.2, 0.25) is 0 Å². The molecular formula is C15H18ClN5S. The van der Waals surface area contributed by atoms with Gasteiger partial charge in [-0.25, -0.2) is 9.97 Å². The molecule has 3 aromatic rings. The summed E-state index contributed by atoms with van der Waals surface area (Å²) in [5.41, 5.74) is 2.13. The summed E-state index contributed by atoms with van der Waals surface area (Å²) in [5, 5.41) is 5.91. The summed E-state index contributed by atoms with van der Waals surface area (Å²) in [6, 6.07) is 5.92. The van der Waals surface area contributed by atoms with E-state index in [0.29, 0.717) is 0 Å². The van der Waals surface area contributed by atoms with Crippen LogP contribution in [0.5, 0.6) is 0 Å². The van der Waals surface area contributed by atoms with Crippen molar-refractivity contribution >= 4 is 34.4 Å². The minimum Gasteiger partial charge on any atom is -0.319 e. The highest BCUT2D eigenvalue weighted by Gasteiger charge is 2.11. The van der Waals surface area contributed by atoms with E-state index in [1.807, 2.05) is 16.8 Å². The minimum absolute atomic E-state index is 0.733. The zero-order chi connectivity index (χ0) is 15.4. The second-order valence-corrected chi connectivity index (χ2v) is 6.54. The molecule has 0 N–H and O–H groups in total. The normalized spacial score (nSPS) is 11.4. The lowest BCUT2D eigenvalue weighted by molar-refractivity contribution is 0.602. The second-order valence-electron chi connectivity index (χ2n) is 5.04. The number of thioether (sulfide) groups is 1. The molecule has 0 aliphatic rings. The molecule has 0 bridgehead atoms. The Hall–Kier alpha value is -1.53. The molecule has 7 heteroatoms. The van der Waals surface area contributed by atoms with Crippen LogP contribution in [0.1, 0.15) is 19.8 Å². The van der Waals surface area contributed by atoms with Crippen LogP contribution in [0.2, 0.25) is 5.02 Å². The summed E-state index contributed by atoms with van der Waals surface area (Å²) in [7, 11) is 0. The number of nitrogens with zero attached hydrogens (tertiary/aromatic N) is 5. The highest BCUT2D eigenvalue weighted by Crippen LogP contribution is 2.27. The van der Waals surface area contributed by atoms with E-state index in [9.17, 15) is 0 Å². The summed E-state index contributed by atoms with van der Waals surface area (Å²) >= 11 is 7.86. The lowest BCUT2D eigenvalue weighted by atomic mass is 10.3. The van der Waals surface area contributed by atoms with E-state index < -0.39 is 0 Å². The number of halogens is 1. The van der Waals surface area contributed by atoms with Crippen LogP contribution in [-0.4, -0.2) is 30.1 Å². The van der Waals surface area contributed by atoms with Crippen LogP contribution in [0.25, 0.3) is 11.0 Å². The van der Waals surface area contributed by atoms with Crippen molar-refractivity contribution in [3.05, 3.63) is 35.9 Å². The van der Waals surface area contributed by atoms with Crippen molar-refractivity contribution in [2.45, 2.75) is 38.0 Å². The van der Waals surface area contributed by atoms with Crippen LogP contribution in [0.4, 0.5) is 0 Å². The Balaban J connectivity index is 1.70. The van der Waals surface area contributed by atoms with Crippen LogP contribution >= 0.6 is 23.4 Å². The number of rotatable bonds is 7. The Bertz CT molecular complexity index is 738. The number of aryl methyl sites for hydroxylation is 2. The molecule has 3 rings (SSSR count). The molecule has 0 atom stereocenters. The molecule has 0 radical (unpaired) electrons. The Morgan fingerprint density at radius 1 is 1.27 bits per heavy atom. The summed E-state index contributed by atoms with van der Waals surface area (Å²) < 4.78 is 4.14. The predicted molar refractivity (Wildman–Crippen MR) is 90.4 cm³/mol. The largest absolute Gasteiger partial charge is 0.319 e. The van der Waals surface area contributed by atoms with E-state index in [4.69, 9.17) is 16.6 Å². The first-order chi connectivity index (χ1) is 10.8. The van der Waals surface area contributed by atoms with Gasteiger partial charge < -0.3 is 4.57 Å². The van der Waals surface area contributed by atoms with E-state index in [0.717, 1.165) is 52.9 Å². The number of fused-ring (bicyclic) bond motifs is 1. The van der Waals surface area contributed by atoms with Gasteiger partial charge in [0.1, 0.15) is 12.7 Å². The maximum atomic E-state index is 6.07. The van der Waals surface area contributed by atoms with Crippen molar-refractivity contribution < 1.29 is 0 Å². The van der Waals surface area contributed by atoms with Gasteiger partial charge in [-0.15, -0.1) is 0 Å². The van der Waals surface area contributed by atoms with Crippen LogP contribution in [-0.2, 0) is 13.1 Å². The number of imidazole rings is 1. The molecule has 0 saturated heterocycles. The Morgan fingerprint density at radius 2 is 2.18 bits per heavy atom. The van der Waals surface area contributed by atoms with Crippen molar-refractivity contribution in [1.82, 2.24) is 24.3 Å². The summed E-state index contributed by atoms with van der Waals surface area (Å²) in [6.07, 6.45) is 5.43. The molecule has 2 aromatic heterocycles. The Labute approximate surface area is 138 Å². The smallest absolute Gasteiger partial charge is 0.169 e. The van der Waals surface area contributed by atoms with Gasteiger partial charge >= 0.3 is 0 Å². The molecule has 0 unspecified atom stereocenters. The Morgan fingerprint density at radius 3 is 2.95 bits per heavy atom. The van der Waals surface area contributed by atoms with Gasteiger partial charge in [0.25, 0.3) is 0 Å². The number of hydrogen-bond donors (Lipinski definition) is 0. The minimum atomic E-state index is 0.733. The SMILES string of the molecule is CCCn1c(SCCCn2cncn2)nc2cc(Cl)ccc21. The molecule has 2 heterocycles. The third-order valence-corrected chi connectivity index (χ3v) is 4.65. The second kappa shape index (κ2) is 7.15.